The Kier molecular flexibility index (Phi) is 3.20. The maximum atomic E-state index is 12.1. The minimum absolute atomic E-state index is 0.0245. The van der Waals surface area contributed by atoms with Gasteiger partial charge in [-0.05, 0) is 12.1 Å². The minimum Gasteiger partial charge on any atom is -0.323 e. The van der Waals surface area contributed by atoms with E-state index in [0.29, 0.717) is 12.2 Å². The van der Waals surface area contributed by atoms with E-state index in [9.17, 15) is 9.59 Å². The number of anilines is 2. The molecule has 1 unspecified atom stereocenters. The van der Waals surface area contributed by atoms with Crippen LogP contribution in [0.4, 0.5) is 11.4 Å². The average molecular weight is 270 g/mol. The Morgan fingerprint density at radius 1 is 1.35 bits per heavy atom. The SMILES string of the molecule is O=C(Nc1cn[nH]c1)C1CC(=O)N(c2ccccc2)C1. The lowest BCUT2D eigenvalue weighted by Gasteiger charge is -2.16. The van der Waals surface area contributed by atoms with Crippen molar-refractivity contribution in [1.82, 2.24) is 10.2 Å². The number of aromatic amines is 1. The van der Waals surface area contributed by atoms with Gasteiger partial charge < -0.3 is 10.2 Å². The molecule has 0 spiro atoms. The zero-order chi connectivity index (χ0) is 13.9. The molecular weight excluding hydrogens is 256 g/mol. The summed E-state index contributed by atoms with van der Waals surface area (Å²) in [4.78, 5) is 25.8. The van der Waals surface area contributed by atoms with E-state index in [2.05, 4.69) is 15.5 Å². The summed E-state index contributed by atoms with van der Waals surface area (Å²) in [5.41, 5.74) is 1.44. The Bertz CT molecular complexity index is 609. The maximum Gasteiger partial charge on any atom is 0.229 e. The zero-order valence-electron chi connectivity index (χ0n) is 10.7. The molecule has 0 saturated carbocycles. The summed E-state index contributed by atoms with van der Waals surface area (Å²) >= 11 is 0. The van der Waals surface area contributed by atoms with E-state index in [4.69, 9.17) is 0 Å². The second kappa shape index (κ2) is 5.16. The lowest BCUT2D eigenvalue weighted by Crippen LogP contribution is -2.27. The summed E-state index contributed by atoms with van der Waals surface area (Å²) < 4.78 is 0. The predicted octanol–water partition coefficient (Wildman–Crippen LogP) is 1.40. The first-order chi connectivity index (χ1) is 9.74. The maximum absolute atomic E-state index is 12.1. The molecule has 1 fully saturated rings. The summed E-state index contributed by atoms with van der Waals surface area (Å²) in [6.07, 6.45) is 3.37. The van der Waals surface area contributed by atoms with Gasteiger partial charge in [-0.25, -0.2) is 0 Å². The third-order valence-corrected chi connectivity index (χ3v) is 3.33. The summed E-state index contributed by atoms with van der Waals surface area (Å²) in [5, 5.41) is 9.13. The number of amides is 2. The number of rotatable bonds is 3. The van der Waals surface area contributed by atoms with Crippen molar-refractivity contribution >= 4 is 23.2 Å². The Hall–Kier alpha value is -2.63. The Balaban J connectivity index is 1.69. The molecule has 0 radical (unpaired) electrons. The van der Waals surface area contributed by atoms with Crippen molar-refractivity contribution in [3.8, 4) is 0 Å². The van der Waals surface area contributed by atoms with E-state index in [1.165, 1.54) is 6.20 Å². The monoisotopic (exact) mass is 270 g/mol. The van der Waals surface area contributed by atoms with Crippen LogP contribution in [0.25, 0.3) is 0 Å². The van der Waals surface area contributed by atoms with Gasteiger partial charge in [-0.15, -0.1) is 0 Å². The largest absolute Gasteiger partial charge is 0.323 e. The van der Waals surface area contributed by atoms with Crippen LogP contribution in [0.15, 0.2) is 42.7 Å². The van der Waals surface area contributed by atoms with Crippen molar-refractivity contribution < 1.29 is 9.59 Å². The van der Waals surface area contributed by atoms with Crippen LogP contribution in [0.3, 0.4) is 0 Å². The summed E-state index contributed by atoms with van der Waals surface area (Å²) in [6, 6.07) is 9.39. The topological polar surface area (TPSA) is 78.1 Å². The second-order valence-electron chi connectivity index (χ2n) is 4.72. The van der Waals surface area contributed by atoms with Gasteiger partial charge in [-0.2, -0.15) is 5.10 Å². The van der Waals surface area contributed by atoms with Crippen LogP contribution in [0.1, 0.15) is 6.42 Å². The van der Waals surface area contributed by atoms with Gasteiger partial charge in [0.15, 0.2) is 0 Å². The van der Waals surface area contributed by atoms with Crippen LogP contribution in [0.5, 0.6) is 0 Å². The van der Waals surface area contributed by atoms with Crippen molar-refractivity contribution in [2.75, 3.05) is 16.8 Å². The average Bonchev–Trinajstić information content (AvgIpc) is 3.09. The molecule has 1 aliphatic heterocycles. The Morgan fingerprint density at radius 3 is 2.85 bits per heavy atom. The Labute approximate surface area is 115 Å². The van der Waals surface area contributed by atoms with E-state index in [1.807, 2.05) is 30.3 Å². The highest BCUT2D eigenvalue weighted by Crippen LogP contribution is 2.25. The standard InChI is InChI=1S/C14H14N4O2/c19-13-6-10(14(20)17-11-7-15-16-8-11)9-18(13)12-4-2-1-3-5-12/h1-5,7-8,10H,6,9H2,(H,15,16)(H,17,20). The van der Waals surface area contributed by atoms with Gasteiger partial charge in [-0.1, -0.05) is 18.2 Å². The first-order valence-electron chi connectivity index (χ1n) is 6.39. The first kappa shape index (κ1) is 12.4. The highest BCUT2D eigenvalue weighted by Gasteiger charge is 2.35. The molecule has 1 aromatic carbocycles. The molecule has 20 heavy (non-hydrogen) atoms. The fourth-order valence-corrected chi connectivity index (χ4v) is 2.30. The van der Waals surface area contributed by atoms with Gasteiger partial charge in [0.25, 0.3) is 0 Å². The van der Waals surface area contributed by atoms with Gasteiger partial charge in [0.2, 0.25) is 11.8 Å². The number of benzene rings is 1. The molecule has 0 aliphatic carbocycles. The molecule has 2 amide bonds. The van der Waals surface area contributed by atoms with Crippen LogP contribution >= 0.6 is 0 Å². The highest BCUT2D eigenvalue weighted by atomic mass is 16.2. The van der Waals surface area contributed by atoms with Gasteiger partial charge >= 0.3 is 0 Å². The Morgan fingerprint density at radius 2 is 2.15 bits per heavy atom. The molecule has 2 heterocycles. The van der Waals surface area contributed by atoms with Crippen LogP contribution < -0.4 is 10.2 Å². The zero-order valence-corrected chi connectivity index (χ0v) is 10.7. The number of aromatic nitrogens is 2. The van der Waals surface area contributed by atoms with Crippen LogP contribution in [-0.2, 0) is 9.59 Å². The van der Waals surface area contributed by atoms with E-state index in [0.717, 1.165) is 5.69 Å². The van der Waals surface area contributed by atoms with E-state index in [-0.39, 0.29) is 24.2 Å². The number of carbonyl (C=O) groups is 2. The number of para-hydroxylation sites is 1. The third-order valence-electron chi connectivity index (χ3n) is 3.33. The molecule has 6 heteroatoms. The minimum atomic E-state index is -0.336. The van der Waals surface area contributed by atoms with Gasteiger partial charge in [0.1, 0.15) is 0 Å². The summed E-state index contributed by atoms with van der Waals surface area (Å²) in [6.45, 7) is 0.409. The number of hydrogen-bond donors (Lipinski definition) is 2. The normalized spacial score (nSPS) is 18.3. The van der Waals surface area contributed by atoms with Crippen molar-refractivity contribution in [2.24, 2.45) is 5.92 Å². The number of hydrogen-bond acceptors (Lipinski definition) is 3. The smallest absolute Gasteiger partial charge is 0.229 e. The number of nitrogens with one attached hydrogen (secondary N) is 2. The molecule has 1 aromatic heterocycles. The molecule has 2 aromatic rings. The predicted molar refractivity (Wildman–Crippen MR) is 74.1 cm³/mol. The number of H-pyrrole nitrogens is 1. The van der Waals surface area contributed by atoms with Gasteiger partial charge in [0.05, 0.1) is 17.8 Å². The lowest BCUT2D eigenvalue weighted by atomic mass is 10.1. The molecule has 102 valence electrons. The molecule has 6 nitrogen and oxygen atoms in total. The number of carbonyl (C=O) groups excluding carboxylic acids is 2. The molecule has 0 bridgehead atoms. The van der Waals surface area contributed by atoms with E-state index < -0.39 is 0 Å². The van der Waals surface area contributed by atoms with Crippen LogP contribution in [-0.4, -0.2) is 28.6 Å². The van der Waals surface area contributed by atoms with Crippen molar-refractivity contribution in [2.45, 2.75) is 6.42 Å². The first-order valence-corrected chi connectivity index (χ1v) is 6.39. The fourth-order valence-electron chi connectivity index (χ4n) is 2.30. The van der Waals surface area contributed by atoms with E-state index in [1.54, 1.807) is 11.1 Å². The molecule has 1 atom stereocenters. The molecule has 2 N–H and O–H groups in total. The summed E-state index contributed by atoms with van der Waals surface area (Å²) in [5.74, 6) is -0.515. The number of nitrogens with zero attached hydrogens (tertiary/aromatic N) is 2. The summed E-state index contributed by atoms with van der Waals surface area (Å²) in [7, 11) is 0. The third kappa shape index (κ3) is 2.40. The van der Waals surface area contributed by atoms with Crippen LogP contribution in [0.2, 0.25) is 0 Å². The molecular formula is C14H14N4O2. The van der Waals surface area contributed by atoms with E-state index >= 15 is 0 Å². The van der Waals surface area contributed by atoms with Gasteiger partial charge in [-0.3, -0.25) is 14.7 Å². The van der Waals surface area contributed by atoms with Crippen molar-refractivity contribution in [1.29, 1.82) is 0 Å². The van der Waals surface area contributed by atoms with Crippen molar-refractivity contribution in [3.63, 3.8) is 0 Å². The lowest BCUT2D eigenvalue weighted by molar-refractivity contribution is -0.122. The fraction of sp³-hybridized carbons (Fsp3) is 0.214. The second-order valence-corrected chi connectivity index (χ2v) is 4.72. The molecule has 1 aliphatic rings. The van der Waals surface area contributed by atoms with Crippen LogP contribution in [0, 0.1) is 5.92 Å². The molecule has 3 rings (SSSR count). The van der Waals surface area contributed by atoms with Crippen molar-refractivity contribution in [3.05, 3.63) is 42.7 Å². The van der Waals surface area contributed by atoms with Gasteiger partial charge in [0, 0.05) is 24.8 Å². The highest BCUT2D eigenvalue weighted by molar-refractivity contribution is 6.03. The molecule has 1 saturated heterocycles. The quantitative estimate of drug-likeness (QED) is 0.885.